The van der Waals surface area contributed by atoms with Gasteiger partial charge < -0.3 is 9.67 Å². The number of aryl methyl sites for hydroxylation is 1. The van der Waals surface area contributed by atoms with E-state index in [1.165, 1.54) is 6.07 Å². The zero-order chi connectivity index (χ0) is 10.8. The van der Waals surface area contributed by atoms with Crippen LogP contribution in [0, 0.1) is 6.92 Å². The van der Waals surface area contributed by atoms with Crippen molar-refractivity contribution in [2.24, 2.45) is 0 Å². The summed E-state index contributed by atoms with van der Waals surface area (Å²) in [6, 6.07) is 4.76. The van der Waals surface area contributed by atoms with Crippen LogP contribution in [0.1, 0.15) is 16.1 Å². The van der Waals surface area contributed by atoms with Gasteiger partial charge in [-0.1, -0.05) is 0 Å². The van der Waals surface area contributed by atoms with Crippen LogP contribution in [0.5, 0.6) is 5.75 Å². The van der Waals surface area contributed by atoms with E-state index in [1.807, 2.05) is 6.92 Å². The number of phenols is 1. The minimum Gasteiger partial charge on any atom is -0.506 e. The van der Waals surface area contributed by atoms with E-state index >= 15 is 0 Å². The molecule has 4 nitrogen and oxygen atoms in total. The normalized spacial score (nSPS) is 10.2. The Kier molecular flexibility index (Phi) is 2.25. The summed E-state index contributed by atoms with van der Waals surface area (Å²) in [5, 5.41) is 9.68. The smallest absolute Gasteiger partial charge is 0.150 e. The van der Waals surface area contributed by atoms with Crippen LogP contribution < -0.4 is 0 Å². The molecule has 1 aromatic heterocycles. The van der Waals surface area contributed by atoms with Crippen molar-refractivity contribution >= 4 is 6.29 Å². The van der Waals surface area contributed by atoms with Gasteiger partial charge in [0, 0.05) is 11.8 Å². The van der Waals surface area contributed by atoms with Crippen LogP contribution in [0.2, 0.25) is 0 Å². The lowest BCUT2D eigenvalue weighted by atomic mass is 10.2. The second kappa shape index (κ2) is 3.57. The Labute approximate surface area is 86.8 Å². The number of aromatic hydroxyl groups is 1. The summed E-state index contributed by atoms with van der Waals surface area (Å²) in [4.78, 5) is 14.5. The molecule has 0 spiro atoms. The highest BCUT2D eigenvalue weighted by Gasteiger charge is 2.04. The molecule has 0 aliphatic rings. The van der Waals surface area contributed by atoms with Crippen molar-refractivity contribution in [3.05, 3.63) is 42.0 Å². The van der Waals surface area contributed by atoms with Crippen LogP contribution in [0.3, 0.4) is 0 Å². The van der Waals surface area contributed by atoms with Gasteiger partial charge in [-0.25, -0.2) is 4.98 Å². The standard InChI is InChI=1S/C11H10N2O2/c1-8-5-13(7-12-8)10-3-2-9(6-14)4-11(10)15/h2-7,15H,1H3. The van der Waals surface area contributed by atoms with E-state index in [0.29, 0.717) is 17.5 Å². The zero-order valence-electron chi connectivity index (χ0n) is 8.21. The van der Waals surface area contributed by atoms with Crippen LogP contribution in [0.25, 0.3) is 5.69 Å². The molecule has 0 amide bonds. The molecule has 4 heteroatoms. The summed E-state index contributed by atoms with van der Waals surface area (Å²) < 4.78 is 1.71. The lowest BCUT2D eigenvalue weighted by molar-refractivity contribution is 0.112. The Bertz CT molecular complexity index is 503. The van der Waals surface area contributed by atoms with Crippen LogP contribution in [0.15, 0.2) is 30.7 Å². The number of phenolic OH excluding ortho intramolecular Hbond substituents is 1. The van der Waals surface area contributed by atoms with Gasteiger partial charge in [0.25, 0.3) is 0 Å². The van der Waals surface area contributed by atoms with Gasteiger partial charge in [-0.3, -0.25) is 4.79 Å². The minimum absolute atomic E-state index is 0.0667. The average Bonchev–Trinajstić information content (AvgIpc) is 2.64. The summed E-state index contributed by atoms with van der Waals surface area (Å²) in [5.41, 5.74) is 1.93. The number of carbonyl (C=O) groups is 1. The number of aromatic nitrogens is 2. The van der Waals surface area contributed by atoms with Gasteiger partial charge in [0.2, 0.25) is 0 Å². The SMILES string of the molecule is Cc1cn(-c2ccc(C=O)cc2O)cn1. The fraction of sp³-hybridized carbons (Fsp3) is 0.0909. The first-order valence-corrected chi connectivity index (χ1v) is 4.50. The highest BCUT2D eigenvalue weighted by molar-refractivity contribution is 5.76. The molecule has 15 heavy (non-hydrogen) atoms. The molecule has 0 aliphatic heterocycles. The third-order valence-corrected chi connectivity index (χ3v) is 2.13. The lowest BCUT2D eigenvalue weighted by Crippen LogP contribution is -1.91. The highest BCUT2D eigenvalue weighted by Crippen LogP contribution is 2.22. The predicted octanol–water partition coefficient (Wildman–Crippen LogP) is 1.70. The van der Waals surface area contributed by atoms with E-state index in [-0.39, 0.29) is 5.75 Å². The van der Waals surface area contributed by atoms with Crippen molar-refractivity contribution in [1.82, 2.24) is 9.55 Å². The van der Waals surface area contributed by atoms with Gasteiger partial charge >= 0.3 is 0 Å². The Morgan fingerprint density at radius 1 is 1.47 bits per heavy atom. The van der Waals surface area contributed by atoms with E-state index in [1.54, 1.807) is 29.2 Å². The molecule has 1 aromatic carbocycles. The molecule has 0 bridgehead atoms. The molecule has 2 rings (SSSR count). The molecule has 0 radical (unpaired) electrons. The number of nitrogens with zero attached hydrogens (tertiary/aromatic N) is 2. The molecular weight excluding hydrogens is 192 g/mol. The van der Waals surface area contributed by atoms with E-state index < -0.39 is 0 Å². The van der Waals surface area contributed by atoms with Crippen molar-refractivity contribution in [3.63, 3.8) is 0 Å². The molecular formula is C11H10N2O2. The van der Waals surface area contributed by atoms with Gasteiger partial charge in [0.05, 0.1) is 17.7 Å². The summed E-state index contributed by atoms with van der Waals surface area (Å²) in [7, 11) is 0. The first-order chi connectivity index (χ1) is 7.20. The summed E-state index contributed by atoms with van der Waals surface area (Å²) in [5.74, 6) is 0.0667. The highest BCUT2D eigenvalue weighted by atomic mass is 16.3. The van der Waals surface area contributed by atoms with Crippen molar-refractivity contribution < 1.29 is 9.90 Å². The van der Waals surface area contributed by atoms with Crippen LogP contribution in [-0.2, 0) is 0 Å². The molecule has 0 unspecified atom stereocenters. The van der Waals surface area contributed by atoms with Crippen LogP contribution in [-0.4, -0.2) is 20.9 Å². The fourth-order valence-corrected chi connectivity index (χ4v) is 1.39. The Hall–Kier alpha value is -2.10. The third-order valence-electron chi connectivity index (χ3n) is 2.13. The summed E-state index contributed by atoms with van der Waals surface area (Å²) in [6.45, 7) is 1.87. The third kappa shape index (κ3) is 1.74. The van der Waals surface area contributed by atoms with E-state index in [4.69, 9.17) is 0 Å². The Balaban J connectivity index is 2.49. The number of hydrogen-bond acceptors (Lipinski definition) is 3. The topological polar surface area (TPSA) is 55.1 Å². The molecule has 0 fully saturated rings. The van der Waals surface area contributed by atoms with Gasteiger partial charge in [-0.15, -0.1) is 0 Å². The molecule has 0 saturated heterocycles. The second-order valence-corrected chi connectivity index (χ2v) is 3.29. The average molecular weight is 202 g/mol. The first kappa shape index (κ1) is 9.45. The van der Waals surface area contributed by atoms with E-state index in [9.17, 15) is 9.90 Å². The molecule has 76 valence electrons. The van der Waals surface area contributed by atoms with Crippen molar-refractivity contribution in [2.45, 2.75) is 6.92 Å². The van der Waals surface area contributed by atoms with Gasteiger partial charge in [0.15, 0.2) is 0 Å². The molecule has 1 N–H and O–H groups in total. The van der Waals surface area contributed by atoms with Gasteiger partial charge in [-0.05, 0) is 25.1 Å². The molecule has 0 aliphatic carbocycles. The Morgan fingerprint density at radius 2 is 2.27 bits per heavy atom. The number of rotatable bonds is 2. The second-order valence-electron chi connectivity index (χ2n) is 3.29. The van der Waals surface area contributed by atoms with Gasteiger partial charge in [0.1, 0.15) is 12.0 Å². The largest absolute Gasteiger partial charge is 0.506 e. The van der Waals surface area contributed by atoms with E-state index in [0.717, 1.165) is 5.69 Å². The maximum absolute atomic E-state index is 10.5. The number of hydrogen-bond donors (Lipinski definition) is 1. The fourth-order valence-electron chi connectivity index (χ4n) is 1.39. The van der Waals surface area contributed by atoms with Gasteiger partial charge in [-0.2, -0.15) is 0 Å². The molecule has 0 saturated carbocycles. The van der Waals surface area contributed by atoms with E-state index in [2.05, 4.69) is 4.98 Å². The zero-order valence-corrected chi connectivity index (χ0v) is 8.21. The molecule has 1 heterocycles. The number of carbonyl (C=O) groups excluding carboxylic acids is 1. The maximum atomic E-state index is 10.5. The Morgan fingerprint density at radius 3 is 2.80 bits per heavy atom. The van der Waals surface area contributed by atoms with Crippen molar-refractivity contribution in [2.75, 3.05) is 0 Å². The maximum Gasteiger partial charge on any atom is 0.150 e. The number of imidazole rings is 1. The molecule has 0 atom stereocenters. The summed E-state index contributed by atoms with van der Waals surface area (Å²) >= 11 is 0. The molecule has 2 aromatic rings. The van der Waals surface area contributed by atoms with Crippen LogP contribution in [0.4, 0.5) is 0 Å². The van der Waals surface area contributed by atoms with Crippen LogP contribution >= 0.6 is 0 Å². The monoisotopic (exact) mass is 202 g/mol. The van der Waals surface area contributed by atoms with Crippen molar-refractivity contribution in [1.29, 1.82) is 0 Å². The minimum atomic E-state index is 0.0667. The predicted molar refractivity (Wildman–Crippen MR) is 55.4 cm³/mol. The number of aldehydes is 1. The lowest BCUT2D eigenvalue weighted by Gasteiger charge is -2.04. The summed E-state index contributed by atoms with van der Waals surface area (Å²) in [6.07, 6.45) is 4.11. The number of benzene rings is 1. The quantitative estimate of drug-likeness (QED) is 0.754. The first-order valence-electron chi connectivity index (χ1n) is 4.50. The van der Waals surface area contributed by atoms with Crippen molar-refractivity contribution in [3.8, 4) is 11.4 Å².